The Morgan fingerprint density at radius 2 is 1.89 bits per heavy atom. The van der Waals surface area contributed by atoms with E-state index in [9.17, 15) is 0 Å². The number of halogens is 2. The summed E-state index contributed by atoms with van der Waals surface area (Å²) in [4.78, 5) is 0.773. The number of ether oxygens (including phenoxy) is 2. The van der Waals surface area contributed by atoms with Crippen LogP contribution in [-0.2, 0) is 9.47 Å². The van der Waals surface area contributed by atoms with Gasteiger partial charge in [-0.15, -0.1) is 6.42 Å². The van der Waals surface area contributed by atoms with Crippen LogP contribution in [-0.4, -0.2) is 34.1 Å². The van der Waals surface area contributed by atoms with Crippen LogP contribution in [0.3, 0.4) is 0 Å². The first-order valence-corrected chi connectivity index (χ1v) is 8.69. The SMILES string of the molecule is C#C/C=C/C[C@@H]1O[C@H]2C[C@@H]1O[C@H](CC)[C@@H](Br)C[C@@H]2Br. The lowest BCUT2D eigenvalue weighted by molar-refractivity contribution is -0.0499. The summed E-state index contributed by atoms with van der Waals surface area (Å²) in [6.45, 7) is 2.17. The number of fused-ring (bicyclic) bond motifs is 2. The summed E-state index contributed by atoms with van der Waals surface area (Å²) in [5, 5.41) is 0. The summed E-state index contributed by atoms with van der Waals surface area (Å²) in [5.74, 6) is 2.52. The van der Waals surface area contributed by atoms with E-state index in [1.807, 2.05) is 6.08 Å². The summed E-state index contributed by atoms with van der Waals surface area (Å²) in [5.41, 5.74) is 0. The van der Waals surface area contributed by atoms with Crippen molar-refractivity contribution in [3.05, 3.63) is 12.2 Å². The first kappa shape index (κ1) is 15.6. The minimum absolute atomic E-state index is 0.126. The maximum Gasteiger partial charge on any atom is 0.0876 e. The predicted octanol–water partition coefficient (Wildman–Crippen LogP) is 3.82. The van der Waals surface area contributed by atoms with Gasteiger partial charge < -0.3 is 9.47 Å². The van der Waals surface area contributed by atoms with Crippen LogP contribution >= 0.6 is 31.9 Å². The average Bonchev–Trinajstić information content (AvgIpc) is 2.79. The van der Waals surface area contributed by atoms with E-state index in [0.29, 0.717) is 9.65 Å². The standard InChI is InChI=1S/C15H20Br2O2/c1-3-5-6-7-13-15-9-14(19-13)11(17)8-10(16)12(4-2)18-15/h1,5-6,10-15H,4,7-9H2,2H3/b6-5+/t10-,11-,12+,13-,14-,15-/m0/s1. The van der Waals surface area contributed by atoms with Crippen LogP contribution in [0.25, 0.3) is 0 Å². The Morgan fingerprint density at radius 3 is 2.58 bits per heavy atom. The molecule has 2 saturated heterocycles. The Kier molecular flexibility index (Phi) is 5.95. The van der Waals surface area contributed by atoms with Crippen molar-refractivity contribution >= 4 is 31.9 Å². The lowest BCUT2D eigenvalue weighted by atomic mass is 9.99. The fraction of sp³-hybridized carbons (Fsp3) is 0.733. The molecule has 0 spiro atoms. The number of hydrogen-bond acceptors (Lipinski definition) is 2. The van der Waals surface area contributed by atoms with Gasteiger partial charge in [0.2, 0.25) is 0 Å². The van der Waals surface area contributed by atoms with Gasteiger partial charge in [0.25, 0.3) is 0 Å². The summed E-state index contributed by atoms with van der Waals surface area (Å²) in [6, 6.07) is 0. The number of allylic oxidation sites excluding steroid dienone is 1. The highest BCUT2D eigenvalue weighted by atomic mass is 79.9. The second-order valence-electron chi connectivity index (χ2n) is 5.14. The monoisotopic (exact) mass is 390 g/mol. The van der Waals surface area contributed by atoms with Crippen LogP contribution in [0.4, 0.5) is 0 Å². The Hall–Kier alpha value is 0.180. The van der Waals surface area contributed by atoms with E-state index < -0.39 is 0 Å². The van der Waals surface area contributed by atoms with E-state index in [1.165, 1.54) is 0 Å². The molecule has 0 aromatic heterocycles. The van der Waals surface area contributed by atoms with Gasteiger partial charge in [-0.1, -0.05) is 50.8 Å². The van der Waals surface area contributed by atoms with Crippen molar-refractivity contribution in [2.45, 2.75) is 66.7 Å². The number of rotatable bonds is 3. The molecule has 0 N–H and O–H groups in total. The molecular weight excluding hydrogens is 372 g/mol. The summed E-state index contributed by atoms with van der Waals surface area (Å²) < 4.78 is 12.4. The van der Waals surface area contributed by atoms with E-state index in [2.05, 4.69) is 44.7 Å². The molecule has 0 radical (unpaired) electrons. The molecule has 0 aliphatic carbocycles. The average molecular weight is 392 g/mol. The maximum atomic E-state index is 6.26. The van der Waals surface area contributed by atoms with Crippen LogP contribution in [0, 0.1) is 12.3 Å². The molecular formula is C15H20Br2O2. The largest absolute Gasteiger partial charge is 0.371 e. The minimum Gasteiger partial charge on any atom is -0.371 e. The molecule has 2 nitrogen and oxygen atoms in total. The molecule has 4 heteroatoms. The zero-order chi connectivity index (χ0) is 13.8. The van der Waals surface area contributed by atoms with E-state index in [0.717, 1.165) is 25.7 Å². The van der Waals surface area contributed by atoms with Gasteiger partial charge in [0.1, 0.15) is 0 Å². The van der Waals surface area contributed by atoms with Crippen molar-refractivity contribution in [2.75, 3.05) is 0 Å². The topological polar surface area (TPSA) is 18.5 Å². The van der Waals surface area contributed by atoms with Gasteiger partial charge in [-0.25, -0.2) is 0 Å². The van der Waals surface area contributed by atoms with Crippen LogP contribution in [0.15, 0.2) is 12.2 Å². The van der Waals surface area contributed by atoms with E-state index >= 15 is 0 Å². The Morgan fingerprint density at radius 1 is 1.16 bits per heavy atom. The fourth-order valence-corrected chi connectivity index (χ4v) is 4.93. The maximum absolute atomic E-state index is 6.26. The molecule has 2 bridgehead atoms. The van der Waals surface area contributed by atoms with Gasteiger partial charge in [0, 0.05) is 16.1 Å². The molecule has 106 valence electrons. The normalized spacial score (nSPS) is 42.8. The number of hydrogen-bond donors (Lipinski definition) is 0. The molecule has 2 aliphatic heterocycles. The van der Waals surface area contributed by atoms with Gasteiger partial charge in [-0.3, -0.25) is 0 Å². The summed E-state index contributed by atoms with van der Waals surface area (Å²) in [6.07, 6.45) is 13.6. The molecule has 0 saturated carbocycles. The Balaban J connectivity index is 2.07. The highest BCUT2D eigenvalue weighted by Crippen LogP contribution is 2.38. The molecule has 0 aromatic rings. The molecule has 2 aliphatic rings. The van der Waals surface area contributed by atoms with Gasteiger partial charge >= 0.3 is 0 Å². The summed E-state index contributed by atoms with van der Waals surface area (Å²) >= 11 is 7.53. The third-order valence-corrected chi connectivity index (χ3v) is 5.75. The van der Waals surface area contributed by atoms with Gasteiger partial charge in [-0.2, -0.15) is 0 Å². The molecule has 2 heterocycles. The van der Waals surface area contributed by atoms with Gasteiger partial charge in [0.15, 0.2) is 0 Å². The molecule has 0 aromatic carbocycles. The van der Waals surface area contributed by atoms with Gasteiger partial charge in [-0.05, 0) is 25.3 Å². The Labute approximate surface area is 132 Å². The van der Waals surface area contributed by atoms with Crippen LogP contribution in [0.1, 0.15) is 32.6 Å². The van der Waals surface area contributed by atoms with Crippen molar-refractivity contribution < 1.29 is 9.47 Å². The first-order chi connectivity index (χ1) is 9.15. The molecule has 2 fully saturated rings. The van der Waals surface area contributed by atoms with Crippen molar-refractivity contribution in [3.63, 3.8) is 0 Å². The van der Waals surface area contributed by atoms with Crippen LogP contribution < -0.4 is 0 Å². The third-order valence-electron chi connectivity index (χ3n) is 3.82. The first-order valence-electron chi connectivity index (χ1n) is 6.85. The van der Waals surface area contributed by atoms with E-state index in [1.54, 1.807) is 6.08 Å². The molecule has 6 atom stereocenters. The molecule has 0 unspecified atom stereocenters. The second kappa shape index (κ2) is 7.26. The van der Waals surface area contributed by atoms with Crippen molar-refractivity contribution in [1.82, 2.24) is 0 Å². The number of terminal acetylenes is 1. The molecule has 19 heavy (non-hydrogen) atoms. The lowest BCUT2D eigenvalue weighted by Crippen LogP contribution is -2.36. The lowest BCUT2D eigenvalue weighted by Gasteiger charge is -2.30. The molecule has 2 rings (SSSR count). The van der Waals surface area contributed by atoms with E-state index in [-0.39, 0.29) is 24.4 Å². The Bertz CT molecular complexity index is 364. The number of alkyl halides is 2. The van der Waals surface area contributed by atoms with Crippen molar-refractivity contribution in [2.24, 2.45) is 0 Å². The zero-order valence-electron chi connectivity index (χ0n) is 11.1. The zero-order valence-corrected chi connectivity index (χ0v) is 14.3. The predicted molar refractivity (Wildman–Crippen MR) is 84.9 cm³/mol. The second-order valence-corrected chi connectivity index (χ2v) is 7.49. The van der Waals surface area contributed by atoms with Crippen molar-refractivity contribution in [3.8, 4) is 12.3 Å². The highest BCUT2D eigenvalue weighted by Gasteiger charge is 2.43. The highest BCUT2D eigenvalue weighted by molar-refractivity contribution is 9.10. The van der Waals surface area contributed by atoms with Crippen molar-refractivity contribution in [1.29, 1.82) is 0 Å². The smallest absolute Gasteiger partial charge is 0.0876 e. The minimum atomic E-state index is 0.126. The van der Waals surface area contributed by atoms with E-state index in [4.69, 9.17) is 15.9 Å². The molecule has 0 amide bonds. The third kappa shape index (κ3) is 3.85. The fourth-order valence-electron chi connectivity index (χ4n) is 2.78. The van der Waals surface area contributed by atoms with Crippen LogP contribution in [0.5, 0.6) is 0 Å². The van der Waals surface area contributed by atoms with Gasteiger partial charge in [0.05, 0.1) is 24.4 Å². The van der Waals surface area contributed by atoms with Crippen LogP contribution in [0.2, 0.25) is 0 Å². The quantitative estimate of drug-likeness (QED) is 0.537. The summed E-state index contributed by atoms with van der Waals surface area (Å²) in [7, 11) is 0.